The molecule has 1 unspecified atom stereocenters. The van der Waals surface area contributed by atoms with Crippen molar-refractivity contribution in [3.8, 4) is 0 Å². The number of anilines is 2. The molecule has 2 aromatic carbocycles. The third kappa shape index (κ3) is 3.19. The molecule has 1 fully saturated rings. The van der Waals surface area contributed by atoms with Gasteiger partial charge in [-0.1, -0.05) is 29.8 Å². The van der Waals surface area contributed by atoms with Crippen molar-refractivity contribution in [1.29, 1.82) is 0 Å². The highest BCUT2D eigenvalue weighted by Gasteiger charge is 2.37. The highest BCUT2D eigenvalue weighted by Crippen LogP contribution is 2.40. The lowest BCUT2D eigenvalue weighted by atomic mass is 9.98. The molecule has 2 aromatic rings. The zero-order valence-corrected chi connectivity index (χ0v) is 17.0. The van der Waals surface area contributed by atoms with Crippen LogP contribution in [0.3, 0.4) is 0 Å². The average molecular weight is 396 g/mol. The van der Waals surface area contributed by atoms with Gasteiger partial charge in [0.25, 0.3) is 0 Å². The van der Waals surface area contributed by atoms with Gasteiger partial charge < -0.3 is 9.80 Å². The Morgan fingerprint density at radius 3 is 2.61 bits per heavy atom. The first-order chi connectivity index (χ1) is 13.6. The molecule has 1 amide bonds. The van der Waals surface area contributed by atoms with Crippen molar-refractivity contribution >= 4 is 28.9 Å². The zero-order valence-electron chi connectivity index (χ0n) is 16.3. The Hall–Kier alpha value is -2.04. The number of para-hydroxylation sites is 2. The second-order valence-electron chi connectivity index (χ2n) is 8.21. The molecule has 4 nitrogen and oxygen atoms in total. The molecule has 0 N–H and O–H groups in total. The quantitative estimate of drug-likeness (QED) is 0.782. The molecule has 146 valence electrons. The summed E-state index contributed by atoms with van der Waals surface area (Å²) in [6.45, 7) is 5.44. The Balaban J connectivity index is 1.37. The van der Waals surface area contributed by atoms with Gasteiger partial charge >= 0.3 is 0 Å². The van der Waals surface area contributed by atoms with Crippen LogP contribution >= 0.6 is 11.6 Å². The topological polar surface area (TPSA) is 26.8 Å². The van der Waals surface area contributed by atoms with Crippen molar-refractivity contribution in [2.75, 3.05) is 29.4 Å². The summed E-state index contributed by atoms with van der Waals surface area (Å²) in [4.78, 5) is 20.3. The van der Waals surface area contributed by atoms with E-state index in [9.17, 15) is 4.79 Å². The van der Waals surface area contributed by atoms with Gasteiger partial charge in [0.2, 0.25) is 5.91 Å². The number of amides is 1. The van der Waals surface area contributed by atoms with Crippen molar-refractivity contribution in [2.24, 2.45) is 0 Å². The number of fused-ring (bicyclic) bond motifs is 2. The van der Waals surface area contributed by atoms with Crippen molar-refractivity contribution in [1.82, 2.24) is 4.90 Å². The number of benzene rings is 2. The molecule has 0 radical (unpaired) electrons. The number of halogens is 1. The van der Waals surface area contributed by atoms with Gasteiger partial charge in [0.15, 0.2) is 0 Å². The third-order valence-corrected chi connectivity index (χ3v) is 6.65. The van der Waals surface area contributed by atoms with E-state index in [-0.39, 0.29) is 11.9 Å². The maximum atomic E-state index is 13.5. The van der Waals surface area contributed by atoms with E-state index in [2.05, 4.69) is 34.1 Å². The molecule has 28 heavy (non-hydrogen) atoms. The van der Waals surface area contributed by atoms with E-state index < -0.39 is 0 Å². The van der Waals surface area contributed by atoms with Crippen LogP contribution in [0.15, 0.2) is 42.5 Å². The van der Waals surface area contributed by atoms with Crippen LogP contribution in [0.25, 0.3) is 0 Å². The maximum absolute atomic E-state index is 13.5. The summed E-state index contributed by atoms with van der Waals surface area (Å²) in [6, 6.07) is 15.0. The minimum atomic E-state index is -0.146. The van der Waals surface area contributed by atoms with Gasteiger partial charge in [0.05, 0.1) is 17.4 Å². The van der Waals surface area contributed by atoms with Gasteiger partial charge in [-0.2, -0.15) is 0 Å². The molecule has 5 rings (SSSR count). The van der Waals surface area contributed by atoms with Crippen LogP contribution in [0.5, 0.6) is 0 Å². The molecule has 0 spiro atoms. The molecule has 5 heteroatoms. The van der Waals surface area contributed by atoms with Crippen LogP contribution in [0, 0.1) is 0 Å². The van der Waals surface area contributed by atoms with Gasteiger partial charge in [-0.15, -0.1) is 0 Å². The van der Waals surface area contributed by atoms with Crippen molar-refractivity contribution in [3.05, 3.63) is 58.6 Å². The van der Waals surface area contributed by atoms with E-state index in [0.717, 1.165) is 43.3 Å². The fourth-order valence-electron chi connectivity index (χ4n) is 4.64. The van der Waals surface area contributed by atoms with Gasteiger partial charge in [-0.25, -0.2) is 0 Å². The van der Waals surface area contributed by atoms with Crippen LogP contribution in [0.1, 0.15) is 30.9 Å². The Morgan fingerprint density at radius 2 is 1.82 bits per heavy atom. The summed E-state index contributed by atoms with van der Waals surface area (Å²) in [5.41, 5.74) is 4.88. The van der Waals surface area contributed by atoms with E-state index in [1.807, 2.05) is 30.0 Å². The lowest BCUT2D eigenvalue weighted by Gasteiger charge is -2.41. The van der Waals surface area contributed by atoms with Crippen LogP contribution in [-0.4, -0.2) is 42.5 Å². The zero-order chi connectivity index (χ0) is 19.3. The molecular formula is C23H26ClN3O. The second kappa shape index (κ2) is 7.09. The summed E-state index contributed by atoms with van der Waals surface area (Å²) in [5, 5.41) is 0.768. The monoisotopic (exact) mass is 395 g/mol. The van der Waals surface area contributed by atoms with Gasteiger partial charge in [-0.3, -0.25) is 9.69 Å². The van der Waals surface area contributed by atoms with Gasteiger partial charge in [0, 0.05) is 37.2 Å². The summed E-state index contributed by atoms with van der Waals surface area (Å²) >= 11 is 6.19. The minimum Gasteiger partial charge on any atom is -0.365 e. The molecule has 2 aliphatic heterocycles. The molecular weight excluding hydrogens is 370 g/mol. The number of hydrogen-bond acceptors (Lipinski definition) is 3. The number of hydrogen-bond donors (Lipinski definition) is 0. The smallest absolute Gasteiger partial charge is 0.244 e. The maximum Gasteiger partial charge on any atom is 0.244 e. The highest BCUT2D eigenvalue weighted by atomic mass is 35.5. The number of nitrogens with zero attached hydrogens (tertiary/aromatic N) is 3. The first-order valence-corrected chi connectivity index (χ1v) is 10.7. The average Bonchev–Trinajstić information content (AvgIpc) is 3.56. The normalized spacial score (nSPS) is 20.5. The lowest BCUT2D eigenvalue weighted by Crippen LogP contribution is -2.52. The molecule has 0 aromatic heterocycles. The van der Waals surface area contributed by atoms with E-state index in [4.69, 9.17) is 11.6 Å². The Labute approximate surface area is 171 Å². The van der Waals surface area contributed by atoms with Crippen LogP contribution < -0.4 is 9.80 Å². The predicted molar refractivity (Wildman–Crippen MR) is 114 cm³/mol. The van der Waals surface area contributed by atoms with E-state index >= 15 is 0 Å². The fraction of sp³-hybridized carbons (Fsp3) is 0.435. The molecule has 1 aliphatic carbocycles. The standard InChI is InChI=1S/C23H26ClN3O/c1-16(25-11-10-17-6-7-19(24)14-18(17)15-25)23(28)27-13-12-26(20-8-9-20)21-4-2-3-5-22(21)27/h2-7,14,16,20H,8-13,15H2,1H3. The van der Waals surface area contributed by atoms with Gasteiger partial charge in [0.1, 0.15) is 0 Å². The molecule has 1 atom stereocenters. The second-order valence-corrected chi connectivity index (χ2v) is 8.65. The molecule has 0 saturated heterocycles. The first-order valence-electron chi connectivity index (χ1n) is 10.3. The Kier molecular flexibility index (Phi) is 4.56. The third-order valence-electron chi connectivity index (χ3n) is 6.42. The largest absolute Gasteiger partial charge is 0.365 e. The number of rotatable bonds is 3. The van der Waals surface area contributed by atoms with Crippen LogP contribution in [0.4, 0.5) is 11.4 Å². The van der Waals surface area contributed by atoms with Crippen molar-refractivity contribution < 1.29 is 4.79 Å². The lowest BCUT2D eigenvalue weighted by molar-refractivity contribution is -0.123. The van der Waals surface area contributed by atoms with E-state index in [1.54, 1.807) is 0 Å². The number of carbonyl (C=O) groups is 1. The Bertz CT molecular complexity index is 910. The molecule has 3 aliphatic rings. The van der Waals surface area contributed by atoms with Crippen LogP contribution in [-0.2, 0) is 17.8 Å². The molecule has 1 saturated carbocycles. The Morgan fingerprint density at radius 1 is 1.04 bits per heavy atom. The SMILES string of the molecule is CC(C(=O)N1CCN(C2CC2)c2ccccc21)N1CCc2ccc(Cl)cc2C1. The van der Waals surface area contributed by atoms with E-state index in [1.165, 1.54) is 29.7 Å². The minimum absolute atomic E-state index is 0.146. The fourth-order valence-corrected chi connectivity index (χ4v) is 4.83. The van der Waals surface area contributed by atoms with Crippen molar-refractivity contribution in [2.45, 2.75) is 44.8 Å². The molecule has 2 heterocycles. The highest BCUT2D eigenvalue weighted by molar-refractivity contribution is 6.30. The van der Waals surface area contributed by atoms with Crippen molar-refractivity contribution in [3.63, 3.8) is 0 Å². The summed E-state index contributed by atoms with van der Waals surface area (Å²) in [5.74, 6) is 0.202. The summed E-state index contributed by atoms with van der Waals surface area (Å²) < 4.78 is 0. The summed E-state index contributed by atoms with van der Waals surface area (Å²) in [6.07, 6.45) is 3.51. The summed E-state index contributed by atoms with van der Waals surface area (Å²) in [7, 11) is 0. The van der Waals surface area contributed by atoms with E-state index in [0.29, 0.717) is 6.04 Å². The van der Waals surface area contributed by atoms with Crippen LogP contribution in [0.2, 0.25) is 5.02 Å². The molecule has 0 bridgehead atoms. The number of carbonyl (C=O) groups excluding carboxylic acids is 1. The first kappa shape index (κ1) is 18.0. The predicted octanol–water partition coefficient (Wildman–Crippen LogP) is 4.10. The van der Waals surface area contributed by atoms with Gasteiger partial charge in [-0.05, 0) is 61.6 Å².